The zero-order valence-corrected chi connectivity index (χ0v) is 14.1. The number of nitrogens with one attached hydrogen (secondary N) is 1. The molecule has 0 radical (unpaired) electrons. The molecule has 0 aromatic heterocycles. The Morgan fingerprint density at radius 1 is 1.15 bits per heavy atom. The monoisotopic (exact) mass is 408 g/mol. The molecular weight excluding hydrogens is 396 g/mol. The molecule has 0 spiro atoms. The van der Waals surface area contributed by atoms with Crippen molar-refractivity contribution in [2.24, 2.45) is 0 Å². The maximum absolute atomic E-state index is 13.8. The van der Waals surface area contributed by atoms with Gasteiger partial charge in [0, 0.05) is 18.2 Å². The predicted molar refractivity (Wildman–Crippen MR) is 84.5 cm³/mol. The van der Waals surface area contributed by atoms with E-state index in [0.29, 0.717) is 12.1 Å². The Morgan fingerprint density at radius 3 is 2.37 bits per heavy atom. The second-order valence-electron chi connectivity index (χ2n) is 5.38. The van der Waals surface area contributed by atoms with Crippen LogP contribution in [-0.4, -0.2) is 31.4 Å². The number of para-hydroxylation sites is 1. The molecule has 146 valence electrons. The van der Waals surface area contributed by atoms with Crippen LogP contribution >= 0.6 is 0 Å². The van der Waals surface area contributed by atoms with Gasteiger partial charge in [-0.1, -0.05) is 24.3 Å². The molecule has 2 aromatic rings. The van der Waals surface area contributed by atoms with Gasteiger partial charge in [-0.25, -0.2) is 30.7 Å². The van der Waals surface area contributed by atoms with Crippen molar-refractivity contribution in [3.63, 3.8) is 0 Å². The van der Waals surface area contributed by atoms with Crippen molar-refractivity contribution in [3.05, 3.63) is 69.8 Å². The van der Waals surface area contributed by atoms with Gasteiger partial charge in [-0.2, -0.15) is 0 Å². The molecule has 0 fully saturated rings. The molecular formula is C15H12F4N2O5S. The van der Waals surface area contributed by atoms with Crippen molar-refractivity contribution in [2.45, 2.75) is 16.9 Å². The third-order valence-electron chi connectivity index (χ3n) is 3.66. The number of nitrogens with zero attached hydrogens (tertiary/aromatic N) is 1. The summed E-state index contributed by atoms with van der Waals surface area (Å²) < 4.78 is 80.0. The van der Waals surface area contributed by atoms with Crippen LogP contribution in [0.4, 0.5) is 23.2 Å². The lowest BCUT2D eigenvalue weighted by molar-refractivity contribution is -0.387. The van der Waals surface area contributed by atoms with Crippen LogP contribution in [-0.2, 0) is 15.6 Å². The van der Waals surface area contributed by atoms with Gasteiger partial charge in [0.05, 0.1) is 4.92 Å². The Morgan fingerprint density at radius 2 is 1.78 bits per heavy atom. The van der Waals surface area contributed by atoms with E-state index >= 15 is 0 Å². The van der Waals surface area contributed by atoms with Crippen molar-refractivity contribution >= 4 is 15.7 Å². The number of hydrogen-bond acceptors (Lipinski definition) is 5. The minimum absolute atomic E-state index is 0.627. The average molecular weight is 408 g/mol. The number of sulfonamides is 1. The van der Waals surface area contributed by atoms with Crippen molar-refractivity contribution in [3.8, 4) is 0 Å². The van der Waals surface area contributed by atoms with Crippen LogP contribution < -0.4 is 4.72 Å². The number of hydrogen-bond donors (Lipinski definition) is 2. The van der Waals surface area contributed by atoms with Crippen LogP contribution in [0.25, 0.3) is 0 Å². The number of nitro benzene ring substituents is 1. The van der Waals surface area contributed by atoms with Crippen LogP contribution in [0.1, 0.15) is 5.56 Å². The van der Waals surface area contributed by atoms with Crippen LogP contribution in [0.3, 0.4) is 0 Å². The Labute approximate surface area is 150 Å². The van der Waals surface area contributed by atoms with Gasteiger partial charge in [-0.15, -0.1) is 0 Å². The maximum atomic E-state index is 13.8. The maximum Gasteiger partial charge on any atom is 0.289 e. The molecule has 0 aliphatic carbocycles. The quantitative estimate of drug-likeness (QED) is 0.415. The molecule has 0 amide bonds. The molecule has 0 bridgehead atoms. The van der Waals surface area contributed by atoms with Crippen molar-refractivity contribution in [1.82, 2.24) is 4.72 Å². The number of nitro groups is 1. The summed E-state index contributed by atoms with van der Waals surface area (Å²) in [4.78, 5) is 9.09. The van der Waals surface area contributed by atoms with E-state index in [9.17, 15) is 41.2 Å². The molecule has 2 N–H and O–H groups in total. The molecule has 27 heavy (non-hydrogen) atoms. The summed E-state index contributed by atoms with van der Waals surface area (Å²) in [5.41, 5.74) is -5.41. The van der Waals surface area contributed by atoms with Gasteiger partial charge >= 0.3 is 0 Å². The highest BCUT2D eigenvalue weighted by atomic mass is 32.2. The topological polar surface area (TPSA) is 110 Å². The van der Waals surface area contributed by atoms with E-state index in [2.05, 4.69) is 0 Å². The molecule has 0 unspecified atom stereocenters. The van der Waals surface area contributed by atoms with Crippen LogP contribution in [0.15, 0.2) is 47.4 Å². The molecule has 12 heteroatoms. The Hall–Kier alpha value is -2.57. The fourth-order valence-corrected chi connectivity index (χ4v) is 3.49. The molecule has 0 aliphatic heterocycles. The summed E-state index contributed by atoms with van der Waals surface area (Å²) in [5.74, 6) is -3.29. The van der Waals surface area contributed by atoms with Gasteiger partial charge in [-0.05, 0) is 12.1 Å². The summed E-state index contributed by atoms with van der Waals surface area (Å²) in [6, 6.07) is 6.23. The van der Waals surface area contributed by atoms with E-state index in [1.807, 2.05) is 0 Å². The average Bonchev–Trinajstić information content (AvgIpc) is 2.62. The Bertz CT molecular complexity index is 970. The molecule has 0 saturated carbocycles. The van der Waals surface area contributed by atoms with Gasteiger partial charge in [0.25, 0.3) is 12.1 Å². The fraction of sp³-hybridized carbons (Fsp3) is 0.200. The van der Waals surface area contributed by atoms with E-state index < -0.39 is 61.3 Å². The number of alkyl halides is 2. The third-order valence-corrected chi connectivity index (χ3v) is 5.11. The van der Waals surface area contributed by atoms with E-state index in [-0.39, 0.29) is 0 Å². The van der Waals surface area contributed by atoms with E-state index in [1.165, 1.54) is 6.07 Å². The highest BCUT2D eigenvalue weighted by molar-refractivity contribution is 7.89. The van der Waals surface area contributed by atoms with E-state index in [0.717, 1.165) is 24.3 Å². The van der Waals surface area contributed by atoms with Crippen molar-refractivity contribution in [1.29, 1.82) is 0 Å². The Balaban J connectivity index is 2.42. The van der Waals surface area contributed by atoms with Gasteiger partial charge < -0.3 is 5.11 Å². The zero-order chi connectivity index (χ0) is 20.4. The van der Waals surface area contributed by atoms with Crippen LogP contribution in [0.5, 0.6) is 0 Å². The Kier molecular flexibility index (Phi) is 5.82. The highest BCUT2D eigenvalue weighted by Gasteiger charge is 2.43. The zero-order valence-electron chi connectivity index (χ0n) is 13.3. The summed E-state index contributed by atoms with van der Waals surface area (Å²) in [6.07, 6.45) is -3.71. The lowest BCUT2D eigenvalue weighted by atomic mass is 9.94. The highest BCUT2D eigenvalue weighted by Crippen LogP contribution is 2.32. The second-order valence-corrected chi connectivity index (χ2v) is 7.11. The van der Waals surface area contributed by atoms with E-state index in [1.54, 1.807) is 4.72 Å². The standard InChI is InChI=1S/C15H12F4N2O5S/c16-10-5-3-4-9(13(10)17)15(22,14(18)19)8-20-27(25,26)12-7-2-1-6-11(12)21(23)24/h1-7,14,20,22H,8H2/t15-/m0/s1. The molecule has 0 saturated heterocycles. The normalized spacial score (nSPS) is 14.1. The smallest absolute Gasteiger partial charge is 0.289 e. The van der Waals surface area contributed by atoms with Crippen molar-refractivity contribution < 1.29 is 36.0 Å². The summed E-state index contributed by atoms with van der Waals surface area (Å²) in [5, 5.41) is 21.1. The lowest BCUT2D eigenvalue weighted by Gasteiger charge is -2.28. The molecule has 1 atom stereocenters. The molecule has 0 heterocycles. The minimum atomic E-state index is -4.73. The number of halogens is 4. The molecule has 7 nitrogen and oxygen atoms in total. The first-order valence-corrected chi connectivity index (χ1v) is 8.67. The first-order chi connectivity index (χ1) is 12.5. The number of aliphatic hydroxyl groups is 1. The summed E-state index contributed by atoms with van der Waals surface area (Å²) in [6.45, 7) is -1.46. The number of rotatable bonds is 7. The van der Waals surface area contributed by atoms with Gasteiger partial charge in [0.1, 0.15) is 0 Å². The fourth-order valence-electron chi connectivity index (χ4n) is 2.25. The van der Waals surface area contributed by atoms with Gasteiger partial charge in [0.15, 0.2) is 22.1 Å². The lowest BCUT2D eigenvalue weighted by Crippen LogP contribution is -2.46. The number of benzene rings is 2. The predicted octanol–water partition coefficient (Wildman–Crippen LogP) is 2.30. The molecule has 2 aromatic carbocycles. The largest absolute Gasteiger partial charge is 0.378 e. The van der Waals surface area contributed by atoms with Crippen LogP contribution in [0, 0.1) is 21.7 Å². The van der Waals surface area contributed by atoms with Gasteiger partial charge in [-0.3, -0.25) is 10.1 Å². The first-order valence-electron chi connectivity index (χ1n) is 7.19. The summed E-state index contributed by atoms with van der Waals surface area (Å²) >= 11 is 0. The van der Waals surface area contributed by atoms with E-state index in [4.69, 9.17) is 0 Å². The first kappa shape index (κ1) is 20.7. The minimum Gasteiger partial charge on any atom is -0.378 e. The third kappa shape index (κ3) is 4.07. The summed E-state index contributed by atoms with van der Waals surface area (Å²) in [7, 11) is -4.73. The van der Waals surface area contributed by atoms with Crippen molar-refractivity contribution in [2.75, 3.05) is 6.54 Å². The van der Waals surface area contributed by atoms with Gasteiger partial charge in [0.2, 0.25) is 10.0 Å². The second kappa shape index (κ2) is 7.58. The SMILES string of the molecule is O=[N+]([O-])c1ccccc1S(=O)(=O)NC[C@](O)(c1cccc(F)c1F)C(F)F. The molecule has 0 aliphatic rings. The van der Waals surface area contributed by atoms with Crippen LogP contribution in [0.2, 0.25) is 0 Å². The molecule has 2 rings (SSSR count).